The number of anilines is 1. The van der Waals surface area contributed by atoms with Gasteiger partial charge >= 0.3 is 29.8 Å². The number of phenols is 5. The molecule has 2 aliphatic rings. The van der Waals surface area contributed by atoms with Gasteiger partial charge < -0.3 is 103 Å². The van der Waals surface area contributed by atoms with E-state index in [-0.39, 0.29) is 167 Å². The summed E-state index contributed by atoms with van der Waals surface area (Å²) in [7, 11) is 0. The van der Waals surface area contributed by atoms with Crippen molar-refractivity contribution in [1.82, 2.24) is 0 Å². The summed E-state index contributed by atoms with van der Waals surface area (Å²) in [6.07, 6.45) is 7.69. The molecule has 0 spiro atoms. The second-order valence-electron chi connectivity index (χ2n) is 30.2. The van der Waals surface area contributed by atoms with Crippen LogP contribution in [-0.4, -0.2) is 234 Å². The summed E-state index contributed by atoms with van der Waals surface area (Å²) >= 11 is 12.0. The van der Waals surface area contributed by atoms with Crippen LogP contribution in [0.1, 0.15) is 149 Å². The number of carbonyl (C=O) groups is 14. The van der Waals surface area contributed by atoms with Crippen LogP contribution in [0.4, 0.5) is 5.69 Å². The molecule has 0 saturated carbocycles. The predicted molar refractivity (Wildman–Crippen MR) is 541 cm³/mol. The number of benzene rings is 9. The first-order valence-electron chi connectivity index (χ1n) is 44.9. The van der Waals surface area contributed by atoms with Gasteiger partial charge in [-0.2, -0.15) is 0 Å². The molecule has 143 heavy (non-hydrogen) atoms. The first-order chi connectivity index (χ1) is 68.8. The maximum absolute atomic E-state index is 12.2. The SMILES string of the molecule is BrCC1CO1.CCOC(=O)CCCOc1cccc(CC(=O)CBr)c1.CCOC(=O)CCCOc1cccc(CC(=O)COc2ccc(C=O)c(O)c2)c1.CCOC(=O)CCCOc1cccc(N)c1.O=C(Br)CBr.O=Cc1ccc(O)cc1O.O=Cc1ccc(OCC(=O)Cc2cccc(OCCCC(=O)O)c2)cc1O.O=Cc1ccc(OCC(=O)Cc2cccc(OCCCC(=O)OCC3CO3)c2)cc1O. The number of hydrogen-bond acceptors (Lipinski definition) is 34. The number of epoxide rings is 2. The molecule has 770 valence electrons. The van der Waals surface area contributed by atoms with E-state index in [1.54, 1.807) is 93.6 Å². The quantitative estimate of drug-likeness (QED) is 0.00272. The zero-order valence-corrected chi connectivity index (χ0v) is 85.4. The number of halogens is 4. The monoisotopic (exact) mass is 2240 g/mol. The van der Waals surface area contributed by atoms with Crippen molar-refractivity contribution in [2.24, 2.45) is 0 Å². The van der Waals surface area contributed by atoms with Crippen LogP contribution in [0.2, 0.25) is 0 Å². The Hall–Kier alpha value is -13.6. The summed E-state index contributed by atoms with van der Waals surface area (Å²) in [4.78, 5) is 155. The molecule has 2 atom stereocenters. The maximum atomic E-state index is 12.2. The minimum atomic E-state index is -0.868. The molecule has 2 heterocycles. The van der Waals surface area contributed by atoms with Crippen molar-refractivity contribution < 1.29 is 164 Å². The fourth-order valence-electron chi connectivity index (χ4n) is 11.3. The number of carboxylic acids is 1. The number of nitrogens with two attached hydrogens (primary N) is 1. The molecule has 9 aromatic carbocycles. The Kier molecular flexibility index (Phi) is 61.8. The van der Waals surface area contributed by atoms with Crippen molar-refractivity contribution in [3.05, 3.63) is 239 Å². The average Bonchev–Trinajstić information content (AvgIpc) is 1.87. The molecule has 2 fully saturated rings. The smallest absolute Gasteiger partial charge is 0.306 e. The Bertz CT molecular complexity index is 5470. The third-order valence-electron chi connectivity index (χ3n) is 18.3. The molecule has 0 aliphatic carbocycles. The number of rotatable bonds is 54. The summed E-state index contributed by atoms with van der Waals surface area (Å²) in [5, 5.41) is 56.9. The number of esters is 4. The number of aromatic hydroxyl groups is 5. The lowest BCUT2D eigenvalue weighted by Crippen LogP contribution is -2.14. The topological polar surface area (TPSA) is 522 Å². The minimum absolute atomic E-state index is 0.0162. The predicted octanol–water partition coefficient (Wildman–Crippen LogP) is 16.2. The molecule has 0 amide bonds. The normalized spacial score (nSPS) is 11.8. The van der Waals surface area contributed by atoms with E-state index in [0.29, 0.717) is 205 Å². The number of aldehydes is 4. The number of phenolic OH excluding ortho intramolecular Hbond substituents is 5. The van der Waals surface area contributed by atoms with E-state index in [0.717, 1.165) is 46.0 Å². The van der Waals surface area contributed by atoms with Gasteiger partial charge in [0.1, 0.15) is 113 Å². The van der Waals surface area contributed by atoms with E-state index in [9.17, 15) is 82.4 Å². The fourth-order valence-corrected chi connectivity index (χ4v) is 11.8. The second kappa shape index (κ2) is 72.6. The zero-order chi connectivity index (χ0) is 105. The van der Waals surface area contributed by atoms with Gasteiger partial charge in [-0.25, -0.2) is 0 Å². The highest BCUT2D eigenvalue weighted by Gasteiger charge is 2.25. The lowest BCUT2D eigenvalue weighted by Gasteiger charge is -2.09. The van der Waals surface area contributed by atoms with Crippen molar-refractivity contribution in [3.63, 3.8) is 0 Å². The summed E-state index contributed by atoms with van der Waals surface area (Å²) in [5.74, 6) is 1.18. The van der Waals surface area contributed by atoms with Crippen LogP contribution >= 0.6 is 63.7 Å². The minimum Gasteiger partial charge on any atom is -0.508 e. The maximum Gasteiger partial charge on any atom is 0.306 e. The van der Waals surface area contributed by atoms with Crippen LogP contribution in [0.3, 0.4) is 0 Å². The molecule has 0 aromatic heterocycles. The summed E-state index contributed by atoms with van der Waals surface area (Å²) < 4.78 is 73.1. The number of ether oxygens (including phenoxy) is 14. The fraction of sp³-hybridized carbons (Fsp3) is 0.346. The summed E-state index contributed by atoms with van der Waals surface area (Å²) in [6, 6.07) is 52.4. The van der Waals surface area contributed by atoms with Crippen LogP contribution in [0.5, 0.6) is 74.7 Å². The number of Topliss-reactive ketones (excluding diaryl/α,β-unsaturated/α-hetero) is 4. The van der Waals surface area contributed by atoms with Crippen molar-refractivity contribution in [3.8, 4) is 74.7 Å². The lowest BCUT2D eigenvalue weighted by atomic mass is 10.1. The Morgan fingerprint density at radius 3 is 0.888 bits per heavy atom. The third kappa shape index (κ3) is 57.8. The van der Waals surface area contributed by atoms with Crippen LogP contribution in [0, 0.1) is 0 Å². The third-order valence-corrected chi connectivity index (χ3v) is 21.2. The van der Waals surface area contributed by atoms with Crippen LogP contribution in [0.15, 0.2) is 194 Å². The summed E-state index contributed by atoms with van der Waals surface area (Å²) in [6.45, 7) is 9.92. The number of carboxylic acid groups (broad SMARTS) is 1. The Labute approximate surface area is 861 Å². The van der Waals surface area contributed by atoms with Gasteiger partial charge in [0.2, 0.25) is 4.69 Å². The molecule has 0 bridgehead atoms. The molecule has 9 aromatic rings. The molecular formula is C104H117Br4NO34. The Morgan fingerprint density at radius 2 is 0.629 bits per heavy atom. The van der Waals surface area contributed by atoms with Gasteiger partial charge in [0.05, 0.1) is 105 Å². The number of hydrogen-bond donors (Lipinski definition) is 7. The van der Waals surface area contributed by atoms with Crippen molar-refractivity contribution in [2.75, 3.05) is 114 Å². The van der Waals surface area contributed by atoms with Crippen LogP contribution in [0.25, 0.3) is 0 Å². The van der Waals surface area contributed by atoms with Crippen molar-refractivity contribution >= 4 is 152 Å². The van der Waals surface area contributed by atoms with E-state index in [1.807, 2.05) is 48.5 Å². The molecule has 8 N–H and O–H groups in total. The molecule has 11 rings (SSSR count). The first kappa shape index (κ1) is 122. The molecule has 2 aliphatic heterocycles. The van der Waals surface area contributed by atoms with Gasteiger partial charge in [0.15, 0.2) is 42.5 Å². The standard InChI is InChI=1S/C23H24O8.C22H24O7.C20H20O7.C15H19BrO4.C12H17NO3.C7H6O3.C3H5BrO.C2H2Br2O/c24-12-17-6-7-20(11-22(17)26)29-13-18(25)9-16-3-1-4-19(10-16)28-8-2-5-23(27)31-15-21-14-30-21;1-2-27-22(26)7-4-10-28-19-6-3-5-16(12-19)11-18(24)15-29-20-9-8-17(14-23)21(25)13-20;21-12-15-6-7-18(11-19(15)23)27-13-16(22)9-14-3-1-4-17(10-14)26-8-2-5-20(24)25;1-2-19-15(18)7-4-8-20-14-6-3-5-12(10-14)9-13(17)11-16;1-2-15-12(14)7-4-8-16-11-6-3-5-10(13)9-11;8-4-5-1-2-6(9)3-7(5)10;4-1-3-2-5-3;3-1-2(4)5/h1,3-4,6-7,10-12,21,26H,2,5,8-9,13-15H2;3,5-6,8-9,12-14,25H,2,4,7,10-11,15H2,1H3;1,3-4,6-7,10-12,23H,2,5,8-9,13H2,(H,24,25);3,5-6,10H,2,4,7-9,11H2,1H3;3,5-6,9H,2,4,7-8,13H2,1H3;1-4,9-10H;3H,1-2H2;1H2. The Balaban J connectivity index is 0.000000359. The lowest BCUT2D eigenvalue weighted by molar-refractivity contribution is -0.145. The van der Waals surface area contributed by atoms with Crippen LogP contribution in [-0.2, 0) is 102 Å². The number of nitrogen functional groups attached to an aromatic ring is 1. The van der Waals surface area contributed by atoms with Gasteiger partial charge in [-0.05, 0) is 200 Å². The molecule has 2 unspecified atom stereocenters. The largest absolute Gasteiger partial charge is 0.508 e. The zero-order valence-electron chi connectivity index (χ0n) is 79.1. The van der Waals surface area contributed by atoms with E-state index >= 15 is 0 Å². The average molecular weight is 2240 g/mol. The summed E-state index contributed by atoms with van der Waals surface area (Å²) in [5.41, 5.74) is 10.1. The first-order valence-corrected chi connectivity index (χ1v) is 49.1. The molecule has 2 saturated heterocycles. The molecular weight excluding hydrogens is 2130 g/mol. The number of alkyl halides is 3. The molecule has 35 nitrogen and oxygen atoms in total. The van der Waals surface area contributed by atoms with Gasteiger partial charge in [-0.3, -0.25) is 67.1 Å². The van der Waals surface area contributed by atoms with E-state index in [1.165, 1.54) is 66.7 Å². The van der Waals surface area contributed by atoms with Crippen LogP contribution < -0.4 is 43.6 Å². The van der Waals surface area contributed by atoms with Gasteiger partial charge in [0, 0.05) is 99.1 Å². The van der Waals surface area contributed by atoms with Crippen molar-refractivity contribution in [2.45, 2.75) is 123 Å². The van der Waals surface area contributed by atoms with E-state index < -0.39 is 5.97 Å². The highest BCUT2D eigenvalue weighted by atomic mass is 79.9. The van der Waals surface area contributed by atoms with Gasteiger partial charge in [0.25, 0.3) is 0 Å². The Morgan fingerprint density at radius 1 is 0.350 bits per heavy atom. The van der Waals surface area contributed by atoms with Gasteiger partial charge in [-0.15, -0.1) is 0 Å². The number of carbonyl (C=O) groups excluding carboxylic acids is 13. The van der Waals surface area contributed by atoms with Gasteiger partial charge in [-0.1, -0.05) is 102 Å². The van der Waals surface area contributed by atoms with E-state index in [2.05, 4.69) is 63.7 Å². The van der Waals surface area contributed by atoms with E-state index in [4.69, 9.17) is 87.4 Å². The molecule has 0 radical (unpaired) electrons. The second-order valence-corrected chi connectivity index (χ2v) is 32.9. The van der Waals surface area contributed by atoms with Crippen molar-refractivity contribution in [1.29, 1.82) is 0 Å². The highest BCUT2D eigenvalue weighted by Crippen LogP contribution is 2.28. The molecule has 39 heteroatoms. The number of aliphatic carboxylic acids is 1. The number of ketones is 4. The highest BCUT2D eigenvalue weighted by molar-refractivity contribution is 9.19.